The molecule has 0 aromatic carbocycles. The van der Waals surface area contributed by atoms with Crippen molar-refractivity contribution in [2.24, 2.45) is 5.92 Å². The van der Waals surface area contributed by atoms with Gasteiger partial charge in [0.15, 0.2) is 0 Å². The molecule has 2 rings (SSSR count). The third kappa shape index (κ3) is 5.64. The molecule has 0 bridgehead atoms. The van der Waals surface area contributed by atoms with E-state index < -0.39 is 0 Å². The number of carbonyl (C=O) groups is 1. The van der Waals surface area contributed by atoms with Crippen LogP contribution < -0.4 is 10.9 Å². The van der Waals surface area contributed by atoms with Crippen LogP contribution in [0.1, 0.15) is 44.1 Å². The van der Waals surface area contributed by atoms with E-state index in [-0.39, 0.29) is 17.5 Å². The Morgan fingerprint density at radius 1 is 1.32 bits per heavy atom. The lowest BCUT2D eigenvalue weighted by Crippen LogP contribution is -2.51. The number of morpholine rings is 1. The minimum Gasteiger partial charge on any atom is -0.379 e. The molecule has 7 heteroatoms. The summed E-state index contributed by atoms with van der Waals surface area (Å²) in [6.07, 6.45) is 1.84. The van der Waals surface area contributed by atoms with Crippen LogP contribution in [0.25, 0.3) is 0 Å². The van der Waals surface area contributed by atoms with Gasteiger partial charge >= 0.3 is 0 Å². The number of nitrogens with zero attached hydrogens (tertiary/aromatic N) is 3. The van der Waals surface area contributed by atoms with Crippen molar-refractivity contribution in [2.45, 2.75) is 46.2 Å². The van der Waals surface area contributed by atoms with E-state index in [4.69, 9.17) is 4.74 Å². The molecule has 1 amide bonds. The molecule has 1 atom stereocenters. The lowest BCUT2D eigenvalue weighted by Gasteiger charge is -2.36. The van der Waals surface area contributed by atoms with Gasteiger partial charge in [-0.25, -0.2) is 4.68 Å². The number of rotatable bonds is 8. The Morgan fingerprint density at radius 2 is 2.04 bits per heavy atom. The number of aryl methyl sites for hydroxylation is 1. The van der Waals surface area contributed by atoms with E-state index >= 15 is 0 Å². The van der Waals surface area contributed by atoms with Gasteiger partial charge in [0.1, 0.15) is 5.69 Å². The van der Waals surface area contributed by atoms with Gasteiger partial charge in [-0.3, -0.25) is 14.5 Å². The van der Waals surface area contributed by atoms with E-state index in [9.17, 15) is 9.59 Å². The molecule has 2 heterocycles. The average Bonchev–Trinajstić information content (AvgIpc) is 2.61. The standard InChI is InChI=1S/C18H30N4O3/c1-4-5-8-22-17(23)7-6-15(20-22)18(24)19-13-16(14(2)3)21-9-11-25-12-10-21/h6-7,14,16H,4-5,8-13H2,1-3H3,(H,19,24). The van der Waals surface area contributed by atoms with Crippen molar-refractivity contribution in [1.29, 1.82) is 0 Å². The van der Waals surface area contributed by atoms with Crippen LogP contribution in [-0.4, -0.2) is 59.5 Å². The molecule has 7 nitrogen and oxygen atoms in total. The Labute approximate surface area is 149 Å². The van der Waals surface area contributed by atoms with Crippen LogP contribution in [0, 0.1) is 5.92 Å². The molecule has 0 saturated carbocycles. The summed E-state index contributed by atoms with van der Waals surface area (Å²) in [5, 5.41) is 7.18. The number of ether oxygens (including phenoxy) is 1. The highest BCUT2D eigenvalue weighted by molar-refractivity contribution is 5.92. The third-order valence-corrected chi connectivity index (χ3v) is 4.58. The fourth-order valence-electron chi connectivity index (χ4n) is 3.02. The summed E-state index contributed by atoms with van der Waals surface area (Å²) in [5.41, 5.74) is 0.124. The molecule has 1 fully saturated rings. The van der Waals surface area contributed by atoms with Crippen molar-refractivity contribution in [3.05, 3.63) is 28.2 Å². The van der Waals surface area contributed by atoms with Crippen LogP contribution in [0.3, 0.4) is 0 Å². The fraction of sp³-hybridized carbons (Fsp3) is 0.722. The molecule has 1 N–H and O–H groups in total. The van der Waals surface area contributed by atoms with Crippen LogP contribution in [0.5, 0.6) is 0 Å². The summed E-state index contributed by atoms with van der Waals surface area (Å²) in [5.74, 6) is 0.189. The van der Waals surface area contributed by atoms with E-state index in [0.29, 0.717) is 24.7 Å². The van der Waals surface area contributed by atoms with Crippen molar-refractivity contribution in [1.82, 2.24) is 20.0 Å². The van der Waals surface area contributed by atoms with Crippen molar-refractivity contribution in [3.8, 4) is 0 Å². The van der Waals surface area contributed by atoms with Crippen molar-refractivity contribution in [2.75, 3.05) is 32.8 Å². The van der Waals surface area contributed by atoms with E-state index in [1.807, 2.05) is 0 Å². The van der Waals surface area contributed by atoms with Crippen molar-refractivity contribution >= 4 is 5.91 Å². The average molecular weight is 350 g/mol. The van der Waals surface area contributed by atoms with Crippen LogP contribution in [0.2, 0.25) is 0 Å². The second kappa shape index (κ2) is 9.68. The number of nitrogens with one attached hydrogen (secondary N) is 1. The summed E-state index contributed by atoms with van der Waals surface area (Å²) in [4.78, 5) is 26.6. The summed E-state index contributed by atoms with van der Waals surface area (Å²) >= 11 is 0. The van der Waals surface area contributed by atoms with Crippen molar-refractivity contribution in [3.63, 3.8) is 0 Å². The predicted octanol–water partition coefficient (Wildman–Crippen LogP) is 1.13. The van der Waals surface area contributed by atoms with Crippen LogP contribution >= 0.6 is 0 Å². The Bertz CT molecular complexity index is 609. The van der Waals surface area contributed by atoms with Gasteiger partial charge < -0.3 is 10.1 Å². The quantitative estimate of drug-likeness (QED) is 0.761. The molecule has 1 aliphatic heterocycles. The maximum Gasteiger partial charge on any atom is 0.271 e. The van der Waals surface area contributed by atoms with Gasteiger partial charge in [0, 0.05) is 38.3 Å². The second-order valence-corrected chi connectivity index (χ2v) is 6.80. The third-order valence-electron chi connectivity index (χ3n) is 4.58. The van der Waals surface area contributed by atoms with Crippen LogP contribution in [0.4, 0.5) is 0 Å². The Kier molecular flexibility index (Phi) is 7.58. The SMILES string of the molecule is CCCCn1nc(C(=O)NCC(C(C)C)N2CCOCC2)ccc1=O. The summed E-state index contributed by atoms with van der Waals surface area (Å²) < 4.78 is 6.79. The number of carbonyl (C=O) groups excluding carboxylic acids is 1. The summed E-state index contributed by atoms with van der Waals surface area (Å²) in [6.45, 7) is 10.7. The minimum absolute atomic E-state index is 0.168. The highest BCUT2D eigenvalue weighted by Gasteiger charge is 2.24. The number of unbranched alkanes of at least 4 members (excludes halogenated alkanes) is 1. The van der Waals surface area contributed by atoms with Crippen LogP contribution in [-0.2, 0) is 11.3 Å². The zero-order chi connectivity index (χ0) is 18.2. The monoisotopic (exact) mass is 350 g/mol. The smallest absolute Gasteiger partial charge is 0.271 e. The zero-order valence-corrected chi connectivity index (χ0v) is 15.5. The predicted molar refractivity (Wildman–Crippen MR) is 96.8 cm³/mol. The lowest BCUT2D eigenvalue weighted by atomic mass is 10.0. The molecule has 1 aromatic heterocycles. The minimum atomic E-state index is -0.232. The van der Waals surface area contributed by atoms with Gasteiger partial charge in [-0.1, -0.05) is 27.2 Å². The van der Waals surface area contributed by atoms with Crippen molar-refractivity contribution < 1.29 is 9.53 Å². The molecular formula is C18H30N4O3. The van der Waals surface area contributed by atoms with Gasteiger partial charge in [-0.2, -0.15) is 5.10 Å². The first-order valence-electron chi connectivity index (χ1n) is 9.21. The van der Waals surface area contributed by atoms with E-state index in [2.05, 4.69) is 36.1 Å². The lowest BCUT2D eigenvalue weighted by molar-refractivity contribution is 0.00671. The molecule has 0 spiro atoms. The molecule has 1 aromatic rings. The molecular weight excluding hydrogens is 320 g/mol. The zero-order valence-electron chi connectivity index (χ0n) is 15.5. The summed E-state index contributed by atoms with van der Waals surface area (Å²) in [6, 6.07) is 3.18. The maximum atomic E-state index is 12.5. The van der Waals surface area contributed by atoms with E-state index in [1.54, 1.807) is 0 Å². The first-order valence-corrected chi connectivity index (χ1v) is 9.21. The normalized spacial score (nSPS) is 16.8. The Balaban J connectivity index is 1.99. The van der Waals surface area contributed by atoms with E-state index in [1.165, 1.54) is 16.8 Å². The molecule has 25 heavy (non-hydrogen) atoms. The molecule has 1 saturated heterocycles. The molecule has 1 aliphatic rings. The molecule has 140 valence electrons. The Morgan fingerprint density at radius 3 is 2.68 bits per heavy atom. The van der Waals surface area contributed by atoms with Gasteiger partial charge in [0.05, 0.1) is 13.2 Å². The van der Waals surface area contributed by atoms with Crippen LogP contribution in [0.15, 0.2) is 16.9 Å². The largest absolute Gasteiger partial charge is 0.379 e. The van der Waals surface area contributed by atoms with Gasteiger partial charge in [-0.15, -0.1) is 0 Å². The first-order chi connectivity index (χ1) is 12.0. The first kappa shape index (κ1) is 19.6. The number of amides is 1. The van der Waals surface area contributed by atoms with Gasteiger partial charge in [0.25, 0.3) is 11.5 Å². The Hall–Kier alpha value is -1.73. The number of hydrogen-bond donors (Lipinski definition) is 1. The number of aromatic nitrogens is 2. The molecule has 0 aliphatic carbocycles. The van der Waals surface area contributed by atoms with Gasteiger partial charge in [-0.05, 0) is 18.4 Å². The summed E-state index contributed by atoms with van der Waals surface area (Å²) in [7, 11) is 0. The maximum absolute atomic E-state index is 12.5. The fourth-order valence-corrected chi connectivity index (χ4v) is 3.02. The molecule has 0 radical (unpaired) electrons. The van der Waals surface area contributed by atoms with E-state index in [0.717, 1.165) is 39.1 Å². The topological polar surface area (TPSA) is 76.5 Å². The number of hydrogen-bond acceptors (Lipinski definition) is 5. The second-order valence-electron chi connectivity index (χ2n) is 6.80. The highest BCUT2D eigenvalue weighted by Crippen LogP contribution is 2.12. The highest BCUT2D eigenvalue weighted by atomic mass is 16.5. The molecule has 1 unspecified atom stereocenters. The van der Waals surface area contributed by atoms with Gasteiger partial charge in [0.2, 0.25) is 0 Å².